The summed E-state index contributed by atoms with van der Waals surface area (Å²) in [6.45, 7) is 2.28. The third kappa shape index (κ3) is 3.45. The smallest absolute Gasteiger partial charge is 0.192 e. The SMILES string of the molecule is CC1CCCC(Nc2ccc(S(C)(=O)=O)nc2)C1. The summed E-state index contributed by atoms with van der Waals surface area (Å²) in [5.74, 6) is 0.763. The highest BCUT2D eigenvalue weighted by Crippen LogP contribution is 2.26. The van der Waals surface area contributed by atoms with Crippen molar-refractivity contribution in [2.75, 3.05) is 11.6 Å². The van der Waals surface area contributed by atoms with Crippen molar-refractivity contribution < 1.29 is 8.42 Å². The maximum absolute atomic E-state index is 11.3. The van der Waals surface area contributed by atoms with Crippen LogP contribution in [0.4, 0.5) is 5.69 Å². The van der Waals surface area contributed by atoms with Gasteiger partial charge in [-0.2, -0.15) is 0 Å². The van der Waals surface area contributed by atoms with Crippen LogP contribution in [-0.4, -0.2) is 25.7 Å². The molecule has 1 aromatic rings. The second-order valence-corrected chi connectivity index (χ2v) is 7.23. The van der Waals surface area contributed by atoms with Crippen molar-refractivity contribution in [3.63, 3.8) is 0 Å². The van der Waals surface area contributed by atoms with Crippen molar-refractivity contribution in [1.29, 1.82) is 0 Å². The predicted octanol–water partition coefficient (Wildman–Crippen LogP) is 2.48. The van der Waals surface area contributed by atoms with Gasteiger partial charge in [0.2, 0.25) is 0 Å². The zero-order valence-electron chi connectivity index (χ0n) is 10.9. The summed E-state index contributed by atoms with van der Waals surface area (Å²) >= 11 is 0. The van der Waals surface area contributed by atoms with Crippen LogP contribution >= 0.6 is 0 Å². The summed E-state index contributed by atoms with van der Waals surface area (Å²) < 4.78 is 22.6. The molecule has 0 aliphatic heterocycles. The van der Waals surface area contributed by atoms with Crippen molar-refractivity contribution in [3.05, 3.63) is 18.3 Å². The Bertz CT molecular complexity index is 496. The van der Waals surface area contributed by atoms with Crippen LogP contribution in [0.15, 0.2) is 23.4 Å². The number of hydrogen-bond acceptors (Lipinski definition) is 4. The summed E-state index contributed by atoms with van der Waals surface area (Å²) in [4.78, 5) is 3.98. The van der Waals surface area contributed by atoms with Gasteiger partial charge >= 0.3 is 0 Å². The lowest BCUT2D eigenvalue weighted by molar-refractivity contribution is 0.358. The van der Waals surface area contributed by atoms with Gasteiger partial charge in [-0.25, -0.2) is 13.4 Å². The quantitative estimate of drug-likeness (QED) is 0.915. The molecule has 5 heteroatoms. The molecule has 1 heterocycles. The Morgan fingerprint density at radius 3 is 2.67 bits per heavy atom. The lowest BCUT2D eigenvalue weighted by Gasteiger charge is -2.28. The molecule has 0 aromatic carbocycles. The summed E-state index contributed by atoms with van der Waals surface area (Å²) in [7, 11) is -3.20. The number of aromatic nitrogens is 1. The molecule has 1 aliphatic rings. The molecule has 2 unspecified atom stereocenters. The second-order valence-electron chi connectivity index (χ2n) is 5.27. The molecule has 1 N–H and O–H groups in total. The molecular weight excluding hydrogens is 248 g/mol. The third-order valence-electron chi connectivity index (χ3n) is 3.42. The van der Waals surface area contributed by atoms with E-state index in [1.165, 1.54) is 31.9 Å². The number of hydrogen-bond donors (Lipinski definition) is 1. The van der Waals surface area contributed by atoms with E-state index in [4.69, 9.17) is 0 Å². The molecule has 0 saturated heterocycles. The van der Waals surface area contributed by atoms with E-state index < -0.39 is 9.84 Å². The first-order chi connectivity index (χ1) is 8.45. The molecule has 2 rings (SSSR count). The molecule has 0 spiro atoms. The van der Waals surface area contributed by atoms with Crippen molar-refractivity contribution >= 4 is 15.5 Å². The van der Waals surface area contributed by atoms with E-state index in [1.807, 2.05) is 0 Å². The lowest BCUT2D eigenvalue weighted by Crippen LogP contribution is -2.26. The normalized spacial score (nSPS) is 24.8. The van der Waals surface area contributed by atoms with Crippen molar-refractivity contribution in [2.45, 2.75) is 43.7 Å². The molecule has 0 amide bonds. The first-order valence-corrected chi connectivity index (χ1v) is 8.27. The summed E-state index contributed by atoms with van der Waals surface area (Å²) in [5, 5.41) is 3.56. The number of rotatable bonds is 3. The minimum atomic E-state index is -3.20. The fraction of sp³-hybridized carbons (Fsp3) is 0.615. The molecule has 18 heavy (non-hydrogen) atoms. The largest absolute Gasteiger partial charge is 0.381 e. The minimum Gasteiger partial charge on any atom is -0.381 e. The van der Waals surface area contributed by atoms with Crippen LogP contribution in [0.2, 0.25) is 0 Å². The van der Waals surface area contributed by atoms with E-state index in [2.05, 4.69) is 17.2 Å². The molecule has 1 aliphatic carbocycles. The van der Waals surface area contributed by atoms with Gasteiger partial charge in [-0.05, 0) is 30.9 Å². The molecule has 1 aromatic heterocycles. The molecule has 2 atom stereocenters. The average Bonchev–Trinajstić information content (AvgIpc) is 2.28. The Labute approximate surface area is 109 Å². The molecule has 1 fully saturated rings. The van der Waals surface area contributed by atoms with Crippen LogP contribution in [0.3, 0.4) is 0 Å². The Morgan fingerprint density at radius 1 is 1.33 bits per heavy atom. The zero-order chi connectivity index (χ0) is 13.2. The highest BCUT2D eigenvalue weighted by atomic mass is 32.2. The highest BCUT2D eigenvalue weighted by Gasteiger charge is 2.18. The number of nitrogens with zero attached hydrogens (tertiary/aromatic N) is 1. The number of sulfone groups is 1. The van der Waals surface area contributed by atoms with Gasteiger partial charge in [0, 0.05) is 12.3 Å². The Balaban J connectivity index is 2.02. The Morgan fingerprint density at radius 2 is 2.11 bits per heavy atom. The van der Waals surface area contributed by atoms with Gasteiger partial charge in [0.25, 0.3) is 0 Å². The molecule has 100 valence electrons. The zero-order valence-corrected chi connectivity index (χ0v) is 11.7. The van der Waals surface area contributed by atoms with Crippen LogP contribution in [0.25, 0.3) is 0 Å². The maximum atomic E-state index is 11.3. The van der Waals surface area contributed by atoms with Crippen LogP contribution in [0.1, 0.15) is 32.6 Å². The predicted molar refractivity (Wildman–Crippen MR) is 72.4 cm³/mol. The van der Waals surface area contributed by atoms with E-state index in [-0.39, 0.29) is 5.03 Å². The summed E-state index contributed by atoms with van der Waals surface area (Å²) in [6, 6.07) is 3.84. The lowest BCUT2D eigenvalue weighted by atomic mass is 9.87. The van der Waals surface area contributed by atoms with Gasteiger partial charge in [-0.1, -0.05) is 19.8 Å². The molecule has 4 nitrogen and oxygen atoms in total. The van der Waals surface area contributed by atoms with Gasteiger partial charge < -0.3 is 5.32 Å². The molecule has 0 bridgehead atoms. The van der Waals surface area contributed by atoms with Gasteiger partial charge in [0.15, 0.2) is 14.9 Å². The highest BCUT2D eigenvalue weighted by molar-refractivity contribution is 7.90. The third-order valence-corrected chi connectivity index (χ3v) is 4.42. The first kappa shape index (κ1) is 13.3. The molecule has 1 saturated carbocycles. The molecule has 0 radical (unpaired) electrons. The van der Waals surface area contributed by atoms with Crippen molar-refractivity contribution in [1.82, 2.24) is 4.98 Å². The maximum Gasteiger partial charge on any atom is 0.192 e. The van der Waals surface area contributed by atoms with E-state index in [1.54, 1.807) is 18.3 Å². The van der Waals surface area contributed by atoms with Gasteiger partial charge in [-0.3, -0.25) is 0 Å². The molecular formula is C13H20N2O2S. The fourth-order valence-electron chi connectivity index (χ4n) is 2.49. The Kier molecular flexibility index (Phi) is 3.90. The summed E-state index contributed by atoms with van der Waals surface area (Å²) in [5.41, 5.74) is 0.904. The minimum absolute atomic E-state index is 0.130. The van der Waals surface area contributed by atoms with E-state index in [9.17, 15) is 8.42 Å². The standard InChI is InChI=1S/C13H20N2O2S/c1-10-4-3-5-11(8-10)15-12-6-7-13(14-9-12)18(2,16)17/h6-7,9-11,15H,3-5,8H2,1-2H3. The number of pyridine rings is 1. The fourth-order valence-corrected chi connectivity index (χ4v) is 3.05. The van der Waals surface area contributed by atoms with E-state index >= 15 is 0 Å². The van der Waals surface area contributed by atoms with E-state index in [0.29, 0.717) is 6.04 Å². The summed E-state index contributed by atoms with van der Waals surface area (Å²) in [6.07, 6.45) is 7.70. The first-order valence-electron chi connectivity index (χ1n) is 6.38. The Hall–Kier alpha value is -1.10. The van der Waals surface area contributed by atoms with Crippen LogP contribution in [-0.2, 0) is 9.84 Å². The second kappa shape index (κ2) is 5.26. The number of nitrogens with one attached hydrogen (secondary N) is 1. The van der Waals surface area contributed by atoms with Gasteiger partial charge in [-0.15, -0.1) is 0 Å². The van der Waals surface area contributed by atoms with Crippen molar-refractivity contribution in [2.24, 2.45) is 5.92 Å². The van der Waals surface area contributed by atoms with Gasteiger partial charge in [0.1, 0.15) is 0 Å². The monoisotopic (exact) mass is 268 g/mol. The van der Waals surface area contributed by atoms with Gasteiger partial charge in [0.05, 0.1) is 11.9 Å². The topological polar surface area (TPSA) is 59.1 Å². The average molecular weight is 268 g/mol. The number of anilines is 1. The van der Waals surface area contributed by atoms with Crippen LogP contribution < -0.4 is 5.32 Å². The van der Waals surface area contributed by atoms with E-state index in [0.717, 1.165) is 11.6 Å². The van der Waals surface area contributed by atoms with Crippen LogP contribution in [0, 0.1) is 5.92 Å². The van der Waals surface area contributed by atoms with Crippen LogP contribution in [0.5, 0.6) is 0 Å². The van der Waals surface area contributed by atoms with Crippen molar-refractivity contribution in [3.8, 4) is 0 Å².